The number of nitrogens with two attached hydrogens (primary N) is 1. The molecule has 1 heterocycles. The minimum Gasteiger partial charge on any atom is -0.351 e. The second-order valence-electron chi connectivity index (χ2n) is 4.96. The second-order valence-corrected chi connectivity index (χ2v) is 4.96. The van der Waals surface area contributed by atoms with Crippen molar-refractivity contribution in [1.82, 2.24) is 20.3 Å². The van der Waals surface area contributed by atoms with Crippen LogP contribution in [0.25, 0.3) is 5.69 Å². The zero-order valence-electron chi connectivity index (χ0n) is 13.1. The summed E-state index contributed by atoms with van der Waals surface area (Å²) in [6.45, 7) is 2.78. The number of carbonyl (C=O) groups is 1. The number of non-ortho nitro benzene ring substituents is 1. The average molecular weight is 355 g/mol. The van der Waals surface area contributed by atoms with Crippen molar-refractivity contribution in [2.24, 2.45) is 5.73 Å². The van der Waals surface area contributed by atoms with Gasteiger partial charge in [0.2, 0.25) is 0 Å². The maximum absolute atomic E-state index is 12.1. The predicted octanol–water partition coefficient (Wildman–Crippen LogP) is 1.37. The minimum atomic E-state index is -0.485. The lowest BCUT2D eigenvalue weighted by atomic mass is 10.2. The fourth-order valence-electron chi connectivity index (χ4n) is 2.08. The highest BCUT2D eigenvalue weighted by Crippen LogP contribution is 2.18. The molecule has 3 N–H and O–H groups in total. The SMILES string of the molecule is Cc1c(C(=O)NCCCCN)nnn1-c1cccc([N+](=O)[O-])c1.Cl. The minimum absolute atomic E-state index is 0. The number of nitro benzene ring substituents is 1. The largest absolute Gasteiger partial charge is 0.351 e. The highest BCUT2D eigenvalue weighted by atomic mass is 35.5. The van der Waals surface area contributed by atoms with Crippen molar-refractivity contribution in [2.45, 2.75) is 19.8 Å². The van der Waals surface area contributed by atoms with Gasteiger partial charge in [0.1, 0.15) is 0 Å². The van der Waals surface area contributed by atoms with Crippen LogP contribution < -0.4 is 11.1 Å². The molecule has 0 aliphatic heterocycles. The lowest BCUT2D eigenvalue weighted by Gasteiger charge is -2.05. The number of hydrogen-bond donors (Lipinski definition) is 2. The van der Waals surface area contributed by atoms with E-state index in [1.807, 2.05) is 0 Å². The summed E-state index contributed by atoms with van der Waals surface area (Å²) >= 11 is 0. The van der Waals surface area contributed by atoms with E-state index < -0.39 is 4.92 Å². The Labute approximate surface area is 144 Å². The molecule has 1 aromatic heterocycles. The van der Waals surface area contributed by atoms with Crippen LogP contribution in [0.4, 0.5) is 5.69 Å². The van der Waals surface area contributed by atoms with Crippen LogP contribution in [0, 0.1) is 17.0 Å². The topological polar surface area (TPSA) is 129 Å². The van der Waals surface area contributed by atoms with E-state index in [2.05, 4.69) is 15.6 Å². The number of nitrogens with zero attached hydrogens (tertiary/aromatic N) is 4. The van der Waals surface area contributed by atoms with Crippen LogP contribution in [0.15, 0.2) is 24.3 Å². The summed E-state index contributed by atoms with van der Waals surface area (Å²) < 4.78 is 1.40. The van der Waals surface area contributed by atoms with Gasteiger partial charge < -0.3 is 11.1 Å². The molecule has 0 spiro atoms. The van der Waals surface area contributed by atoms with Crippen LogP contribution in [-0.4, -0.2) is 38.9 Å². The molecule has 0 bridgehead atoms. The molecular weight excluding hydrogens is 336 g/mol. The Bertz CT molecular complexity index is 718. The van der Waals surface area contributed by atoms with E-state index in [-0.39, 0.29) is 29.7 Å². The van der Waals surface area contributed by atoms with Crippen LogP contribution in [-0.2, 0) is 0 Å². The first-order chi connectivity index (χ1) is 11.0. The van der Waals surface area contributed by atoms with Crippen molar-refractivity contribution in [3.05, 3.63) is 45.8 Å². The molecule has 0 unspecified atom stereocenters. The summed E-state index contributed by atoms with van der Waals surface area (Å²) in [5.41, 5.74) is 6.54. The lowest BCUT2D eigenvalue weighted by Crippen LogP contribution is -2.26. The average Bonchev–Trinajstić information content (AvgIpc) is 2.93. The number of benzene rings is 1. The number of carbonyl (C=O) groups excluding carboxylic acids is 1. The van der Waals surface area contributed by atoms with Crippen LogP contribution in [0.2, 0.25) is 0 Å². The number of unbranched alkanes of at least 4 members (excludes halogenated alkanes) is 1. The van der Waals surface area contributed by atoms with Gasteiger partial charge in [0.05, 0.1) is 16.3 Å². The molecule has 0 atom stereocenters. The second kappa shape index (κ2) is 8.94. The summed E-state index contributed by atoms with van der Waals surface area (Å²) in [7, 11) is 0. The van der Waals surface area contributed by atoms with E-state index in [0.29, 0.717) is 24.5 Å². The van der Waals surface area contributed by atoms with Crippen molar-refractivity contribution in [3.63, 3.8) is 0 Å². The Balaban J connectivity index is 0.00000288. The zero-order valence-corrected chi connectivity index (χ0v) is 14.0. The molecule has 0 aliphatic carbocycles. The maximum Gasteiger partial charge on any atom is 0.273 e. The number of halogens is 1. The Morgan fingerprint density at radius 3 is 2.83 bits per heavy atom. The van der Waals surface area contributed by atoms with Crippen LogP contribution in [0.1, 0.15) is 29.0 Å². The summed E-state index contributed by atoms with van der Waals surface area (Å²) in [5, 5.41) is 21.4. The molecule has 0 saturated carbocycles. The third kappa shape index (κ3) is 4.49. The van der Waals surface area contributed by atoms with Gasteiger partial charge in [-0.1, -0.05) is 11.3 Å². The molecule has 2 aromatic rings. The molecule has 24 heavy (non-hydrogen) atoms. The Hall–Kier alpha value is -2.52. The zero-order chi connectivity index (χ0) is 16.8. The van der Waals surface area contributed by atoms with Gasteiger partial charge >= 0.3 is 0 Å². The van der Waals surface area contributed by atoms with Gasteiger partial charge in [-0.05, 0) is 32.4 Å². The van der Waals surface area contributed by atoms with Gasteiger partial charge in [0.15, 0.2) is 5.69 Å². The summed E-state index contributed by atoms with van der Waals surface area (Å²) in [6, 6.07) is 5.99. The summed E-state index contributed by atoms with van der Waals surface area (Å²) in [4.78, 5) is 22.4. The van der Waals surface area contributed by atoms with E-state index in [1.165, 1.54) is 16.8 Å². The predicted molar refractivity (Wildman–Crippen MR) is 90.6 cm³/mol. The molecule has 0 saturated heterocycles. The van der Waals surface area contributed by atoms with Crippen molar-refractivity contribution in [3.8, 4) is 5.69 Å². The quantitative estimate of drug-likeness (QED) is 0.439. The molecule has 0 aliphatic rings. The number of nitrogens with one attached hydrogen (secondary N) is 1. The third-order valence-electron chi connectivity index (χ3n) is 3.31. The van der Waals surface area contributed by atoms with E-state index in [4.69, 9.17) is 5.73 Å². The van der Waals surface area contributed by atoms with E-state index in [9.17, 15) is 14.9 Å². The Kier molecular flexibility index (Phi) is 7.28. The van der Waals surface area contributed by atoms with Gasteiger partial charge in [-0.25, -0.2) is 4.68 Å². The summed E-state index contributed by atoms with van der Waals surface area (Å²) in [6.07, 6.45) is 1.62. The first kappa shape index (κ1) is 19.5. The normalized spacial score (nSPS) is 10.1. The number of hydrogen-bond acceptors (Lipinski definition) is 6. The van der Waals surface area contributed by atoms with Crippen LogP contribution in [0.3, 0.4) is 0 Å². The Morgan fingerprint density at radius 2 is 2.17 bits per heavy atom. The molecule has 130 valence electrons. The number of amides is 1. The molecule has 10 heteroatoms. The van der Waals surface area contributed by atoms with E-state index in [1.54, 1.807) is 19.1 Å². The molecular formula is C14H19ClN6O3. The van der Waals surface area contributed by atoms with Crippen LogP contribution in [0.5, 0.6) is 0 Å². The molecule has 1 aromatic carbocycles. The molecule has 9 nitrogen and oxygen atoms in total. The highest BCUT2D eigenvalue weighted by Gasteiger charge is 2.18. The standard InChI is InChI=1S/C14H18N6O3.ClH/c1-10-13(14(21)16-8-3-2-7-15)17-18-19(10)11-5-4-6-12(9-11)20(22)23;/h4-6,9H,2-3,7-8,15H2,1H3,(H,16,21);1H. The lowest BCUT2D eigenvalue weighted by molar-refractivity contribution is -0.384. The van der Waals surface area contributed by atoms with Gasteiger partial charge in [-0.3, -0.25) is 14.9 Å². The number of nitro groups is 1. The highest BCUT2D eigenvalue weighted by molar-refractivity contribution is 5.93. The van der Waals surface area contributed by atoms with Gasteiger partial charge in [-0.2, -0.15) is 0 Å². The first-order valence-electron chi connectivity index (χ1n) is 7.20. The third-order valence-corrected chi connectivity index (χ3v) is 3.31. The molecule has 1 amide bonds. The van der Waals surface area contributed by atoms with Crippen molar-refractivity contribution >= 4 is 24.0 Å². The van der Waals surface area contributed by atoms with E-state index in [0.717, 1.165) is 12.8 Å². The van der Waals surface area contributed by atoms with Gasteiger partial charge in [-0.15, -0.1) is 17.5 Å². The van der Waals surface area contributed by atoms with Crippen molar-refractivity contribution in [2.75, 3.05) is 13.1 Å². The van der Waals surface area contributed by atoms with Crippen molar-refractivity contribution < 1.29 is 9.72 Å². The van der Waals surface area contributed by atoms with Crippen LogP contribution >= 0.6 is 12.4 Å². The molecule has 0 radical (unpaired) electrons. The fourth-order valence-corrected chi connectivity index (χ4v) is 2.08. The monoisotopic (exact) mass is 354 g/mol. The van der Waals surface area contributed by atoms with Gasteiger partial charge in [0, 0.05) is 18.7 Å². The van der Waals surface area contributed by atoms with Gasteiger partial charge in [0.25, 0.3) is 11.6 Å². The fraction of sp³-hybridized carbons (Fsp3) is 0.357. The summed E-state index contributed by atoms with van der Waals surface area (Å²) in [5.74, 6) is -0.323. The van der Waals surface area contributed by atoms with E-state index >= 15 is 0 Å². The first-order valence-corrected chi connectivity index (χ1v) is 7.20. The molecule has 2 rings (SSSR count). The van der Waals surface area contributed by atoms with Crippen molar-refractivity contribution in [1.29, 1.82) is 0 Å². The Morgan fingerprint density at radius 1 is 1.42 bits per heavy atom. The number of aromatic nitrogens is 3. The maximum atomic E-state index is 12.1. The number of rotatable bonds is 7. The molecule has 0 fully saturated rings. The smallest absolute Gasteiger partial charge is 0.273 e.